The van der Waals surface area contributed by atoms with Crippen LogP contribution in [0.25, 0.3) is 5.57 Å². The number of hydrogen-bond donors (Lipinski definition) is 1. The fourth-order valence-electron chi connectivity index (χ4n) is 3.41. The largest absolute Gasteiger partial charge is 0.378 e. The highest BCUT2D eigenvalue weighted by molar-refractivity contribution is 7.90. The van der Waals surface area contributed by atoms with E-state index >= 15 is 0 Å². The first-order valence-electron chi connectivity index (χ1n) is 9.25. The number of aliphatic imine (C=N–C) groups is 1. The summed E-state index contributed by atoms with van der Waals surface area (Å²) in [6.45, 7) is 3.50. The molecule has 1 saturated heterocycles. The van der Waals surface area contributed by atoms with Crippen LogP contribution in [-0.4, -0.2) is 58.3 Å². The van der Waals surface area contributed by atoms with Crippen LogP contribution in [0.5, 0.6) is 0 Å². The summed E-state index contributed by atoms with van der Waals surface area (Å²) in [6.07, 6.45) is 1.22. The Kier molecular flexibility index (Phi) is 5.19. The minimum Gasteiger partial charge on any atom is -0.378 e. The molecule has 2 heterocycles. The van der Waals surface area contributed by atoms with Gasteiger partial charge in [0.05, 0.1) is 24.7 Å². The van der Waals surface area contributed by atoms with Crippen LogP contribution in [0.2, 0.25) is 0 Å². The molecule has 146 valence electrons. The molecule has 2 aliphatic heterocycles. The quantitative estimate of drug-likeness (QED) is 0.856. The van der Waals surface area contributed by atoms with E-state index in [-0.39, 0.29) is 0 Å². The Labute approximate surface area is 165 Å². The second-order valence-corrected chi connectivity index (χ2v) is 8.89. The number of morpholine rings is 1. The van der Waals surface area contributed by atoms with Crippen molar-refractivity contribution in [3.8, 4) is 0 Å². The second-order valence-electron chi connectivity index (χ2n) is 6.88. The molecule has 2 aromatic carbocycles. The number of rotatable bonds is 4. The van der Waals surface area contributed by atoms with Gasteiger partial charge in [-0.3, -0.25) is 4.99 Å². The van der Waals surface area contributed by atoms with E-state index < -0.39 is 9.84 Å². The number of nitrogens with zero attached hydrogens (tertiary/aromatic N) is 2. The molecular weight excluding hydrogens is 374 g/mol. The summed E-state index contributed by atoms with van der Waals surface area (Å²) in [5.74, 6) is 1.86. The lowest BCUT2D eigenvalue weighted by Gasteiger charge is -2.35. The van der Waals surface area contributed by atoms with Crippen molar-refractivity contribution in [1.29, 1.82) is 0 Å². The van der Waals surface area contributed by atoms with Crippen molar-refractivity contribution in [3.63, 3.8) is 0 Å². The van der Waals surface area contributed by atoms with E-state index in [1.54, 1.807) is 12.1 Å². The Morgan fingerprint density at radius 3 is 2.29 bits per heavy atom. The van der Waals surface area contributed by atoms with Crippen molar-refractivity contribution in [3.05, 3.63) is 71.5 Å². The number of ether oxygens (including phenoxy) is 1. The van der Waals surface area contributed by atoms with Crippen molar-refractivity contribution in [1.82, 2.24) is 10.2 Å². The molecule has 0 atom stereocenters. The van der Waals surface area contributed by atoms with Gasteiger partial charge in [-0.1, -0.05) is 42.5 Å². The van der Waals surface area contributed by atoms with Gasteiger partial charge in [0, 0.05) is 30.5 Å². The minimum absolute atomic E-state index is 0.321. The predicted octanol–water partition coefficient (Wildman–Crippen LogP) is 2.14. The zero-order valence-electron chi connectivity index (χ0n) is 15.8. The maximum absolute atomic E-state index is 11.8. The number of hydrogen-bond acceptors (Lipinski definition) is 6. The van der Waals surface area contributed by atoms with Gasteiger partial charge in [-0.25, -0.2) is 8.42 Å². The third kappa shape index (κ3) is 3.95. The van der Waals surface area contributed by atoms with Crippen LogP contribution in [-0.2, 0) is 14.6 Å². The fourth-order valence-corrected chi connectivity index (χ4v) is 4.04. The van der Waals surface area contributed by atoms with Crippen molar-refractivity contribution in [2.45, 2.75) is 4.90 Å². The van der Waals surface area contributed by atoms with Gasteiger partial charge in [0.15, 0.2) is 9.84 Å². The van der Waals surface area contributed by atoms with Crippen molar-refractivity contribution in [2.24, 2.45) is 4.99 Å². The fraction of sp³-hybridized carbons (Fsp3) is 0.286. The molecule has 0 aromatic heterocycles. The predicted molar refractivity (Wildman–Crippen MR) is 110 cm³/mol. The van der Waals surface area contributed by atoms with Crippen LogP contribution in [0.15, 0.2) is 70.3 Å². The highest BCUT2D eigenvalue weighted by Gasteiger charge is 2.24. The zero-order chi connectivity index (χ0) is 19.6. The topological polar surface area (TPSA) is 71.0 Å². The summed E-state index contributed by atoms with van der Waals surface area (Å²) in [5, 5.41) is 3.51. The van der Waals surface area contributed by atoms with E-state index in [0.29, 0.717) is 24.7 Å². The number of nitrogens with one attached hydrogen (secondary N) is 1. The molecule has 7 heteroatoms. The lowest BCUT2D eigenvalue weighted by Crippen LogP contribution is -2.44. The van der Waals surface area contributed by atoms with E-state index in [2.05, 4.69) is 10.2 Å². The number of sulfone groups is 1. The van der Waals surface area contributed by atoms with Gasteiger partial charge in [0.2, 0.25) is 0 Å². The summed E-state index contributed by atoms with van der Waals surface area (Å²) in [5.41, 5.74) is 3.07. The van der Waals surface area contributed by atoms with Crippen LogP contribution in [0.3, 0.4) is 0 Å². The van der Waals surface area contributed by atoms with Gasteiger partial charge in [-0.2, -0.15) is 0 Å². The van der Waals surface area contributed by atoms with E-state index in [1.165, 1.54) is 6.26 Å². The summed E-state index contributed by atoms with van der Waals surface area (Å²) >= 11 is 0. The first-order chi connectivity index (χ1) is 13.5. The molecule has 1 fully saturated rings. The molecule has 0 aliphatic carbocycles. The Bertz CT molecular complexity index is 1010. The summed E-state index contributed by atoms with van der Waals surface area (Å²) in [7, 11) is -3.22. The average molecular weight is 398 g/mol. The monoisotopic (exact) mass is 397 g/mol. The Morgan fingerprint density at radius 2 is 1.64 bits per heavy atom. The minimum atomic E-state index is -3.22. The lowest BCUT2D eigenvalue weighted by molar-refractivity contribution is 0.0518. The third-order valence-electron chi connectivity index (χ3n) is 4.92. The van der Waals surface area contributed by atoms with E-state index in [1.807, 2.05) is 42.5 Å². The maximum atomic E-state index is 11.8. The van der Waals surface area contributed by atoms with Gasteiger partial charge >= 0.3 is 0 Å². The normalized spacial score (nSPS) is 17.9. The molecule has 0 unspecified atom stereocenters. The van der Waals surface area contributed by atoms with E-state index in [9.17, 15) is 8.42 Å². The molecule has 6 nitrogen and oxygen atoms in total. The van der Waals surface area contributed by atoms with Crippen LogP contribution in [0, 0.1) is 0 Å². The van der Waals surface area contributed by atoms with Crippen molar-refractivity contribution < 1.29 is 13.2 Å². The molecule has 4 rings (SSSR count). The third-order valence-corrected chi connectivity index (χ3v) is 6.05. The van der Waals surface area contributed by atoms with Gasteiger partial charge in [-0.05, 0) is 17.7 Å². The average Bonchev–Trinajstić information content (AvgIpc) is 2.74. The molecule has 0 amide bonds. The maximum Gasteiger partial charge on any atom is 0.175 e. The van der Waals surface area contributed by atoms with Crippen LogP contribution < -0.4 is 5.32 Å². The van der Waals surface area contributed by atoms with Crippen molar-refractivity contribution >= 4 is 21.2 Å². The Balaban J connectivity index is 1.70. The molecule has 0 spiro atoms. The molecule has 0 saturated carbocycles. The lowest BCUT2D eigenvalue weighted by atomic mass is 10.0. The van der Waals surface area contributed by atoms with E-state index in [4.69, 9.17) is 9.73 Å². The molecular formula is C21H23N3O3S. The first kappa shape index (κ1) is 18.7. The highest BCUT2D eigenvalue weighted by atomic mass is 32.2. The summed E-state index contributed by atoms with van der Waals surface area (Å²) in [4.78, 5) is 7.35. The molecule has 2 aliphatic rings. The van der Waals surface area contributed by atoms with E-state index in [0.717, 1.165) is 41.4 Å². The molecule has 0 radical (unpaired) electrons. The zero-order valence-corrected chi connectivity index (χ0v) is 16.6. The molecule has 0 bridgehead atoms. The smallest absolute Gasteiger partial charge is 0.175 e. The SMILES string of the molecule is CS(=O)(=O)c1ccc(C2=C(N3CCOCC3)NC(c3ccccc3)=NC2)cc1. The molecule has 28 heavy (non-hydrogen) atoms. The Hall–Kier alpha value is -2.64. The van der Waals surface area contributed by atoms with Gasteiger partial charge in [-0.15, -0.1) is 0 Å². The second kappa shape index (κ2) is 7.77. The van der Waals surface area contributed by atoms with Gasteiger partial charge in [0.25, 0.3) is 0 Å². The van der Waals surface area contributed by atoms with Crippen LogP contribution in [0.1, 0.15) is 11.1 Å². The standard InChI is InChI=1S/C21H23N3O3S/c1-28(25,26)18-9-7-16(8-10-18)19-15-22-20(17-5-3-2-4-6-17)23-21(19)24-11-13-27-14-12-24/h2-10H,11-15H2,1H3,(H,22,23). The summed E-state index contributed by atoms with van der Waals surface area (Å²) < 4.78 is 29.0. The summed E-state index contributed by atoms with van der Waals surface area (Å²) in [6, 6.07) is 17.1. The molecule has 2 aromatic rings. The molecule has 1 N–H and O–H groups in total. The van der Waals surface area contributed by atoms with Gasteiger partial charge in [0.1, 0.15) is 11.7 Å². The number of amidine groups is 1. The Morgan fingerprint density at radius 1 is 0.964 bits per heavy atom. The first-order valence-corrected chi connectivity index (χ1v) is 11.1. The van der Waals surface area contributed by atoms with Gasteiger partial charge < -0.3 is 15.0 Å². The highest BCUT2D eigenvalue weighted by Crippen LogP contribution is 2.26. The van der Waals surface area contributed by atoms with Crippen molar-refractivity contribution in [2.75, 3.05) is 39.1 Å². The van der Waals surface area contributed by atoms with Crippen LogP contribution >= 0.6 is 0 Å². The number of benzene rings is 2. The van der Waals surface area contributed by atoms with Crippen LogP contribution in [0.4, 0.5) is 0 Å².